The fourth-order valence-electron chi connectivity index (χ4n) is 1.91. The summed E-state index contributed by atoms with van der Waals surface area (Å²) in [6.45, 7) is 2.19. The number of ketones is 1. The molecule has 2 heteroatoms. The highest BCUT2D eigenvalue weighted by molar-refractivity contribution is 7.81. The molecule has 0 spiro atoms. The molecule has 1 saturated carbocycles. The smallest absolute Gasteiger partial charge is 0.145 e. The zero-order chi connectivity index (χ0) is 8.27. The Labute approximate surface area is 74.0 Å². The monoisotopic (exact) mass is 172 g/mol. The molecule has 0 N–H and O–H groups in total. The molecule has 64 valence electrons. The van der Waals surface area contributed by atoms with Gasteiger partial charge in [-0.05, 0) is 12.3 Å². The number of carbonyl (C=O) groups excluding carboxylic acids is 1. The van der Waals surface area contributed by atoms with E-state index in [-0.39, 0.29) is 0 Å². The summed E-state index contributed by atoms with van der Waals surface area (Å²) in [5.41, 5.74) is 0. The summed E-state index contributed by atoms with van der Waals surface area (Å²) in [6, 6.07) is 0. The van der Waals surface area contributed by atoms with Crippen molar-refractivity contribution in [3.05, 3.63) is 0 Å². The van der Waals surface area contributed by atoms with Crippen LogP contribution in [0.5, 0.6) is 0 Å². The maximum atomic E-state index is 11.3. The molecule has 0 aliphatic heterocycles. The summed E-state index contributed by atoms with van der Waals surface area (Å²) in [4.78, 5) is 11.3. The van der Waals surface area contributed by atoms with Gasteiger partial charge in [-0.3, -0.25) is 4.79 Å². The largest absolute Gasteiger partial charge is 0.298 e. The second-order valence-electron chi connectivity index (χ2n) is 3.49. The molecule has 11 heavy (non-hydrogen) atoms. The van der Waals surface area contributed by atoms with Crippen molar-refractivity contribution in [2.75, 3.05) is 5.75 Å². The second kappa shape index (κ2) is 4.15. The lowest BCUT2D eigenvalue weighted by Crippen LogP contribution is -2.26. The van der Waals surface area contributed by atoms with Gasteiger partial charge in [0, 0.05) is 11.7 Å². The lowest BCUT2D eigenvalue weighted by Gasteiger charge is -2.26. The number of carbonyl (C=O) groups is 1. The quantitative estimate of drug-likeness (QED) is 0.632. The first-order valence-electron chi connectivity index (χ1n) is 4.39. The van der Waals surface area contributed by atoms with Crippen LogP contribution >= 0.6 is 12.6 Å². The maximum absolute atomic E-state index is 11.3. The third kappa shape index (κ3) is 2.22. The van der Waals surface area contributed by atoms with Gasteiger partial charge in [0.1, 0.15) is 5.78 Å². The van der Waals surface area contributed by atoms with Crippen molar-refractivity contribution < 1.29 is 4.79 Å². The molecule has 0 amide bonds. The minimum atomic E-state index is 0.321. The van der Waals surface area contributed by atoms with E-state index in [9.17, 15) is 4.79 Å². The van der Waals surface area contributed by atoms with Crippen molar-refractivity contribution in [1.82, 2.24) is 0 Å². The van der Waals surface area contributed by atoms with Gasteiger partial charge in [0.25, 0.3) is 0 Å². The van der Waals surface area contributed by atoms with Gasteiger partial charge in [-0.15, -0.1) is 0 Å². The number of rotatable bonds is 2. The van der Waals surface area contributed by atoms with E-state index in [1.165, 1.54) is 19.3 Å². The summed E-state index contributed by atoms with van der Waals surface area (Å²) in [5.74, 6) is 1.69. The SMILES string of the molecule is CC1CCCCC1C(=O)CS. The molecule has 0 radical (unpaired) electrons. The van der Waals surface area contributed by atoms with E-state index < -0.39 is 0 Å². The first kappa shape index (κ1) is 9.11. The van der Waals surface area contributed by atoms with Gasteiger partial charge in [-0.1, -0.05) is 26.2 Å². The van der Waals surface area contributed by atoms with Crippen LogP contribution in [0.2, 0.25) is 0 Å². The summed E-state index contributed by atoms with van der Waals surface area (Å²) in [6.07, 6.45) is 4.86. The number of Topliss-reactive ketones (excluding diaryl/α,β-unsaturated/α-hetero) is 1. The minimum absolute atomic E-state index is 0.321. The van der Waals surface area contributed by atoms with Crippen LogP contribution in [0.4, 0.5) is 0 Å². The Kier molecular flexibility index (Phi) is 3.44. The fourth-order valence-corrected chi connectivity index (χ4v) is 2.15. The molecule has 1 rings (SSSR count). The highest BCUT2D eigenvalue weighted by Crippen LogP contribution is 2.30. The van der Waals surface area contributed by atoms with E-state index in [0.29, 0.717) is 23.4 Å². The Morgan fingerprint density at radius 1 is 1.45 bits per heavy atom. The molecule has 0 aromatic heterocycles. The molecule has 1 aliphatic rings. The molecule has 0 saturated heterocycles. The van der Waals surface area contributed by atoms with Crippen molar-refractivity contribution in [2.45, 2.75) is 32.6 Å². The normalized spacial score (nSPS) is 31.8. The van der Waals surface area contributed by atoms with Crippen molar-refractivity contribution in [1.29, 1.82) is 0 Å². The van der Waals surface area contributed by atoms with E-state index in [1.807, 2.05) is 0 Å². The molecule has 0 aromatic rings. The molecule has 1 nitrogen and oxygen atoms in total. The van der Waals surface area contributed by atoms with Gasteiger partial charge in [0.05, 0.1) is 0 Å². The van der Waals surface area contributed by atoms with Crippen LogP contribution in [0.15, 0.2) is 0 Å². The van der Waals surface area contributed by atoms with Crippen molar-refractivity contribution in [3.63, 3.8) is 0 Å². The molecule has 0 bridgehead atoms. The topological polar surface area (TPSA) is 17.1 Å². The summed E-state index contributed by atoms with van der Waals surface area (Å²) < 4.78 is 0. The Balaban J connectivity index is 2.47. The van der Waals surface area contributed by atoms with E-state index in [4.69, 9.17) is 0 Å². The predicted molar refractivity (Wildman–Crippen MR) is 50.0 cm³/mol. The first-order valence-corrected chi connectivity index (χ1v) is 5.02. The molecule has 0 heterocycles. The van der Waals surface area contributed by atoms with Crippen LogP contribution in [0.25, 0.3) is 0 Å². The van der Waals surface area contributed by atoms with Crippen LogP contribution in [-0.2, 0) is 4.79 Å². The van der Waals surface area contributed by atoms with Gasteiger partial charge in [-0.2, -0.15) is 12.6 Å². The average molecular weight is 172 g/mol. The van der Waals surface area contributed by atoms with Crippen LogP contribution < -0.4 is 0 Å². The molecule has 2 atom stereocenters. The molecular formula is C9H16OS. The van der Waals surface area contributed by atoms with Crippen LogP contribution in [0, 0.1) is 11.8 Å². The Bertz CT molecular complexity index is 144. The Morgan fingerprint density at radius 3 is 2.64 bits per heavy atom. The lowest BCUT2D eigenvalue weighted by atomic mass is 9.78. The highest BCUT2D eigenvalue weighted by Gasteiger charge is 2.26. The molecule has 1 fully saturated rings. The van der Waals surface area contributed by atoms with E-state index in [2.05, 4.69) is 19.6 Å². The van der Waals surface area contributed by atoms with E-state index in [0.717, 1.165) is 6.42 Å². The Hall–Kier alpha value is 0.0200. The lowest BCUT2D eigenvalue weighted by molar-refractivity contribution is -0.122. The first-order chi connectivity index (χ1) is 5.25. The van der Waals surface area contributed by atoms with Crippen molar-refractivity contribution in [3.8, 4) is 0 Å². The van der Waals surface area contributed by atoms with Crippen LogP contribution in [0.3, 0.4) is 0 Å². The summed E-state index contributed by atoms with van der Waals surface area (Å²) in [7, 11) is 0. The molecular weight excluding hydrogens is 156 g/mol. The van der Waals surface area contributed by atoms with Gasteiger partial charge < -0.3 is 0 Å². The molecule has 0 aromatic carbocycles. The predicted octanol–water partition coefficient (Wildman–Crippen LogP) is 2.31. The Morgan fingerprint density at radius 2 is 2.09 bits per heavy atom. The molecule has 2 unspecified atom stereocenters. The average Bonchev–Trinajstić information content (AvgIpc) is 2.04. The summed E-state index contributed by atoms with van der Waals surface area (Å²) in [5, 5.41) is 0. The highest BCUT2D eigenvalue weighted by atomic mass is 32.1. The van der Waals surface area contributed by atoms with Gasteiger partial charge in [0.15, 0.2) is 0 Å². The van der Waals surface area contributed by atoms with Gasteiger partial charge >= 0.3 is 0 Å². The minimum Gasteiger partial charge on any atom is -0.298 e. The fraction of sp³-hybridized carbons (Fsp3) is 0.889. The zero-order valence-electron chi connectivity index (χ0n) is 7.05. The number of hydrogen-bond acceptors (Lipinski definition) is 2. The summed E-state index contributed by atoms with van der Waals surface area (Å²) >= 11 is 4.02. The van der Waals surface area contributed by atoms with E-state index >= 15 is 0 Å². The number of hydrogen-bond donors (Lipinski definition) is 1. The van der Waals surface area contributed by atoms with Crippen LogP contribution in [0.1, 0.15) is 32.6 Å². The third-order valence-electron chi connectivity index (χ3n) is 2.68. The van der Waals surface area contributed by atoms with E-state index in [1.54, 1.807) is 0 Å². The van der Waals surface area contributed by atoms with Crippen molar-refractivity contribution in [2.24, 2.45) is 11.8 Å². The van der Waals surface area contributed by atoms with Crippen molar-refractivity contribution >= 4 is 18.4 Å². The van der Waals surface area contributed by atoms with Gasteiger partial charge in [-0.25, -0.2) is 0 Å². The maximum Gasteiger partial charge on any atom is 0.145 e. The third-order valence-corrected chi connectivity index (χ3v) is 2.99. The molecule has 1 aliphatic carbocycles. The zero-order valence-corrected chi connectivity index (χ0v) is 7.94. The standard InChI is InChI=1S/C9H16OS/c1-7-4-2-3-5-8(7)9(10)6-11/h7-8,11H,2-6H2,1H3. The second-order valence-corrected chi connectivity index (χ2v) is 3.81. The van der Waals surface area contributed by atoms with Gasteiger partial charge in [0.2, 0.25) is 0 Å². The number of thiol groups is 1. The van der Waals surface area contributed by atoms with Crippen LogP contribution in [-0.4, -0.2) is 11.5 Å².